The van der Waals surface area contributed by atoms with E-state index in [2.05, 4.69) is 10.2 Å². The van der Waals surface area contributed by atoms with Crippen LogP contribution in [0.25, 0.3) is 11.2 Å². The molecule has 3 rings (SSSR count). The van der Waals surface area contributed by atoms with Crippen molar-refractivity contribution in [2.24, 2.45) is 14.1 Å². The molecular formula is C17H28N7O2+. The van der Waals surface area contributed by atoms with Crippen LogP contribution in [0.1, 0.15) is 19.3 Å². The van der Waals surface area contributed by atoms with Crippen molar-refractivity contribution >= 4 is 23.5 Å². The number of anilines is 1. The Morgan fingerprint density at radius 3 is 2.46 bits per heavy atom. The van der Waals surface area contributed by atoms with Crippen molar-refractivity contribution < 1.29 is 4.58 Å². The summed E-state index contributed by atoms with van der Waals surface area (Å²) in [5.74, 6) is 0.782. The molecular weight excluding hydrogens is 334 g/mol. The highest BCUT2D eigenvalue weighted by atomic mass is 16.2. The Morgan fingerprint density at radius 2 is 1.81 bits per heavy atom. The first-order chi connectivity index (χ1) is 12.4. The van der Waals surface area contributed by atoms with E-state index in [0.29, 0.717) is 24.3 Å². The Hall–Kier alpha value is -2.58. The highest BCUT2D eigenvalue weighted by Gasteiger charge is 2.23. The van der Waals surface area contributed by atoms with Gasteiger partial charge in [0.05, 0.1) is 20.6 Å². The van der Waals surface area contributed by atoms with Crippen LogP contribution in [-0.4, -0.2) is 63.3 Å². The lowest BCUT2D eigenvalue weighted by Crippen LogP contribution is -2.38. The summed E-state index contributed by atoms with van der Waals surface area (Å²) in [6.45, 7) is 3.11. The molecule has 1 fully saturated rings. The van der Waals surface area contributed by atoms with Crippen molar-refractivity contribution in [2.75, 3.05) is 38.6 Å². The maximum atomic E-state index is 12.8. The molecule has 0 saturated carbocycles. The average molecular weight is 362 g/mol. The fourth-order valence-electron chi connectivity index (χ4n) is 3.41. The van der Waals surface area contributed by atoms with E-state index in [9.17, 15) is 9.59 Å². The molecule has 0 amide bonds. The molecule has 1 saturated heterocycles. The van der Waals surface area contributed by atoms with Gasteiger partial charge in [0.25, 0.3) is 5.56 Å². The number of aryl methyl sites for hydroxylation is 1. The van der Waals surface area contributed by atoms with Crippen molar-refractivity contribution in [3.8, 4) is 0 Å². The van der Waals surface area contributed by atoms with Crippen LogP contribution in [-0.2, 0) is 20.6 Å². The minimum Gasteiger partial charge on any atom is -0.342 e. The quantitative estimate of drug-likeness (QED) is 0.330. The minimum atomic E-state index is -0.351. The number of aromatic nitrogens is 4. The lowest BCUT2D eigenvalue weighted by atomic mass is 10.1. The van der Waals surface area contributed by atoms with E-state index in [1.165, 1.54) is 18.0 Å². The fraction of sp³-hybridized carbons (Fsp3) is 0.647. The zero-order chi connectivity index (χ0) is 18.8. The molecule has 3 heterocycles. The lowest BCUT2D eigenvalue weighted by Gasteiger charge is -2.28. The van der Waals surface area contributed by atoms with Gasteiger partial charge in [-0.15, -0.1) is 0 Å². The molecule has 0 aromatic carbocycles. The van der Waals surface area contributed by atoms with Gasteiger partial charge >= 0.3 is 5.69 Å². The largest absolute Gasteiger partial charge is 0.342 e. The Morgan fingerprint density at radius 1 is 1.12 bits per heavy atom. The van der Waals surface area contributed by atoms with Crippen molar-refractivity contribution in [1.29, 1.82) is 0 Å². The number of hydrogen-bond acceptors (Lipinski definition) is 4. The number of piperidine rings is 1. The molecule has 0 atom stereocenters. The molecule has 26 heavy (non-hydrogen) atoms. The second-order valence-electron chi connectivity index (χ2n) is 7.04. The van der Waals surface area contributed by atoms with Crippen LogP contribution in [0.15, 0.2) is 9.59 Å². The van der Waals surface area contributed by atoms with Crippen LogP contribution in [0, 0.1) is 0 Å². The Labute approximate surface area is 152 Å². The summed E-state index contributed by atoms with van der Waals surface area (Å²) in [6.07, 6.45) is 5.34. The Bertz CT molecular complexity index is 941. The minimum absolute atomic E-state index is 0.296. The van der Waals surface area contributed by atoms with Crippen LogP contribution in [0.3, 0.4) is 0 Å². The van der Waals surface area contributed by atoms with Gasteiger partial charge in [0, 0.05) is 27.2 Å². The first-order valence-electron chi connectivity index (χ1n) is 9.06. The van der Waals surface area contributed by atoms with Gasteiger partial charge in [0.15, 0.2) is 11.2 Å². The van der Waals surface area contributed by atoms with E-state index in [1.54, 1.807) is 7.05 Å². The summed E-state index contributed by atoms with van der Waals surface area (Å²) in [4.78, 5) is 32.0. The molecule has 9 heteroatoms. The third-order valence-electron chi connectivity index (χ3n) is 4.80. The molecule has 1 aliphatic rings. The smallest absolute Gasteiger partial charge is 0.332 e. The number of nitrogens with one attached hydrogen (secondary N) is 1. The SMILES string of the molecule is Cn1c(=O)c2c(nc(N3CCCCC3)n2CCNC=[N+](C)C)n(C)c1=O. The second-order valence-corrected chi connectivity index (χ2v) is 7.04. The number of nitrogens with zero attached hydrogens (tertiary/aromatic N) is 6. The van der Waals surface area contributed by atoms with Crippen LogP contribution >= 0.6 is 0 Å². The summed E-state index contributed by atoms with van der Waals surface area (Å²) in [6, 6.07) is 0. The van der Waals surface area contributed by atoms with Gasteiger partial charge in [-0.2, -0.15) is 4.98 Å². The third-order valence-corrected chi connectivity index (χ3v) is 4.80. The van der Waals surface area contributed by atoms with Gasteiger partial charge < -0.3 is 9.47 Å². The molecule has 0 bridgehead atoms. The predicted molar refractivity (Wildman–Crippen MR) is 102 cm³/mol. The molecule has 0 aliphatic carbocycles. The molecule has 0 unspecified atom stereocenters. The topological polar surface area (TPSA) is 80.1 Å². The van der Waals surface area contributed by atoms with Crippen molar-refractivity contribution in [2.45, 2.75) is 25.8 Å². The predicted octanol–water partition coefficient (Wildman–Crippen LogP) is -0.686. The first-order valence-corrected chi connectivity index (χ1v) is 9.06. The molecule has 0 radical (unpaired) electrons. The normalized spacial score (nSPS) is 14.7. The van der Waals surface area contributed by atoms with Gasteiger partial charge in [-0.25, -0.2) is 4.79 Å². The van der Waals surface area contributed by atoms with E-state index in [-0.39, 0.29) is 11.2 Å². The van der Waals surface area contributed by atoms with Crippen molar-refractivity contribution in [3.63, 3.8) is 0 Å². The van der Waals surface area contributed by atoms with Gasteiger partial charge in [0.2, 0.25) is 12.3 Å². The molecule has 1 N–H and O–H groups in total. The van der Waals surface area contributed by atoms with Crippen LogP contribution in [0.2, 0.25) is 0 Å². The molecule has 0 spiro atoms. The van der Waals surface area contributed by atoms with Crippen LogP contribution < -0.4 is 21.5 Å². The number of rotatable bonds is 5. The van der Waals surface area contributed by atoms with Gasteiger partial charge in [-0.1, -0.05) is 0 Å². The van der Waals surface area contributed by atoms with Crippen LogP contribution in [0.5, 0.6) is 0 Å². The first kappa shape index (κ1) is 18.2. The van der Waals surface area contributed by atoms with Crippen LogP contribution in [0.4, 0.5) is 5.95 Å². The summed E-state index contributed by atoms with van der Waals surface area (Å²) < 4.78 is 6.50. The maximum Gasteiger partial charge on any atom is 0.332 e. The van der Waals surface area contributed by atoms with E-state index in [0.717, 1.165) is 36.4 Å². The van der Waals surface area contributed by atoms with Crippen molar-refractivity contribution in [1.82, 2.24) is 24.0 Å². The Kier molecular flexibility index (Phi) is 5.15. The van der Waals surface area contributed by atoms with Gasteiger partial charge in [0.1, 0.15) is 6.54 Å². The Balaban J connectivity index is 2.11. The zero-order valence-corrected chi connectivity index (χ0v) is 16.0. The summed E-state index contributed by atoms with van der Waals surface area (Å²) in [5, 5.41) is 3.23. The summed E-state index contributed by atoms with van der Waals surface area (Å²) in [7, 11) is 7.08. The fourth-order valence-corrected chi connectivity index (χ4v) is 3.41. The number of fused-ring (bicyclic) bond motifs is 1. The van der Waals surface area contributed by atoms with Gasteiger partial charge in [-0.3, -0.25) is 23.8 Å². The highest BCUT2D eigenvalue weighted by Crippen LogP contribution is 2.22. The maximum absolute atomic E-state index is 12.8. The average Bonchev–Trinajstić information content (AvgIpc) is 3.02. The number of hydrogen-bond donors (Lipinski definition) is 1. The molecule has 2 aromatic rings. The molecule has 9 nitrogen and oxygen atoms in total. The second kappa shape index (κ2) is 7.35. The summed E-state index contributed by atoms with van der Waals surface area (Å²) >= 11 is 0. The third kappa shape index (κ3) is 3.25. The lowest BCUT2D eigenvalue weighted by molar-refractivity contribution is -0.461. The molecule has 142 valence electrons. The standard InChI is InChI=1S/C17H27N7O2/c1-20(2)12-18-8-11-24-13-14(21(3)17(26)22(4)15(13)25)19-16(24)23-9-6-5-7-10-23/h12H,5-11H2,1-4H3/p+1. The molecule has 1 aliphatic heterocycles. The molecule has 2 aromatic heterocycles. The van der Waals surface area contributed by atoms with E-state index in [1.807, 2.05) is 29.6 Å². The van der Waals surface area contributed by atoms with Gasteiger partial charge in [-0.05, 0) is 19.3 Å². The van der Waals surface area contributed by atoms with E-state index in [4.69, 9.17) is 4.98 Å². The summed E-state index contributed by atoms with van der Waals surface area (Å²) in [5.41, 5.74) is 0.295. The highest BCUT2D eigenvalue weighted by molar-refractivity contribution is 5.74. The van der Waals surface area contributed by atoms with E-state index >= 15 is 0 Å². The monoisotopic (exact) mass is 362 g/mol. The van der Waals surface area contributed by atoms with E-state index < -0.39 is 0 Å². The zero-order valence-electron chi connectivity index (χ0n) is 16.0. The van der Waals surface area contributed by atoms with Crippen molar-refractivity contribution in [3.05, 3.63) is 20.8 Å². The number of imidazole rings is 1.